The van der Waals surface area contributed by atoms with Crippen molar-refractivity contribution in [3.63, 3.8) is 0 Å². The molecule has 1 rings (SSSR count). The van der Waals surface area contributed by atoms with E-state index in [-0.39, 0.29) is 0 Å². The summed E-state index contributed by atoms with van der Waals surface area (Å²) in [5.74, 6) is 0.721. The van der Waals surface area contributed by atoms with Crippen molar-refractivity contribution < 1.29 is 4.79 Å². The Hall–Kier alpha value is -0.590. The van der Waals surface area contributed by atoms with E-state index >= 15 is 0 Å². The molecule has 0 radical (unpaired) electrons. The van der Waals surface area contributed by atoms with Gasteiger partial charge in [0.05, 0.1) is 0 Å². The highest BCUT2D eigenvalue weighted by Crippen LogP contribution is 2.28. The van der Waals surface area contributed by atoms with Gasteiger partial charge in [0.1, 0.15) is 0 Å². The number of ketones is 1. The van der Waals surface area contributed by atoms with Crippen LogP contribution in [0.2, 0.25) is 0 Å². The van der Waals surface area contributed by atoms with Crippen LogP contribution in [0.3, 0.4) is 0 Å². The van der Waals surface area contributed by atoms with E-state index in [4.69, 9.17) is 0 Å². The van der Waals surface area contributed by atoms with Crippen LogP contribution in [0.25, 0.3) is 0 Å². The SMILES string of the molecule is CCCCC1CC(CCC)=CC1=O. The fourth-order valence-corrected chi connectivity index (χ4v) is 1.99. The van der Waals surface area contributed by atoms with E-state index < -0.39 is 0 Å². The molecule has 1 nitrogen and oxygen atoms in total. The minimum absolute atomic E-state index is 0.335. The molecule has 0 N–H and O–H groups in total. The highest BCUT2D eigenvalue weighted by atomic mass is 16.1. The third-order valence-corrected chi connectivity index (χ3v) is 2.73. The Bertz CT molecular complexity index is 203. The lowest BCUT2D eigenvalue weighted by Crippen LogP contribution is -2.05. The Balaban J connectivity index is 2.35. The lowest BCUT2D eigenvalue weighted by molar-refractivity contribution is -0.117. The summed E-state index contributed by atoms with van der Waals surface area (Å²) in [5, 5.41) is 0. The van der Waals surface area contributed by atoms with Gasteiger partial charge in [0.25, 0.3) is 0 Å². The molecule has 1 aliphatic carbocycles. The molecule has 0 bridgehead atoms. The summed E-state index contributed by atoms with van der Waals surface area (Å²) in [6.45, 7) is 4.35. The second-order valence-electron chi connectivity index (χ2n) is 4.00. The molecule has 1 aliphatic rings. The third-order valence-electron chi connectivity index (χ3n) is 2.73. The molecular weight excluding hydrogens is 160 g/mol. The van der Waals surface area contributed by atoms with Crippen LogP contribution in [0.1, 0.15) is 52.4 Å². The maximum Gasteiger partial charge on any atom is 0.159 e. The van der Waals surface area contributed by atoms with Gasteiger partial charge in [-0.2, -0.15) is 0 Å². The predicted octanol–water partition coefficient (Wildman–Crippen LogP) is 3.49. The molecule has 74 valence electrons. The van der Waals surface area contributed by atoms with Crippen molar-refractivity contribution in [2.75, 3.05) is 0 Å². The molecule has 0 aromatic carbocycles. The minimum Gasteiger partial charge on any atom is -0.295 e. The maximum atomic E-state index is 11.5. The Morgan fingerprint density at radius 2 is 2.15 bits per heavy atom. The van der Waals surface area contributed by atoms with E-state index in [2.05, 4.69) is 13.8 Å². The normalized spacial score (nSPS) is 22.2. The Labute approximate surface area is 81.2 Å². The standard InChI is InChI=1S/C12H20O/c1-3-5-7-11-8-10(6-4-2)9-12(11)13/h9,11H,3-8H2,1-2H3. The zero-order valence-corrected chi connectivity index (χ0v) is 8.81. The van der Waals surface area contributed by atoms with Gasteiger partial charge in [0.2, 0.25) is 0 Å². The number of carbonyl (C=O) groups excluding carboxylic acids is 1. The Kier molecular flexibility index (Phi) is 4.20. The van der Waals surface area contributed by atoms with Crippen LogP contribution in [0, 0.1) is 5.92 Å². The Morgan fingerprint density at radius 1 is 1.38 bits per heavy atom. The van der Waals surface area contributed by atoms with Gasteiger partial charge < -0.3 is 0 Å². The van der Waals surface area contributed by atoms with Crippen LogP contribution in [-0.2, 0) is 4.79 Å². The van der Waals surface area contributed by atoms with Gasteiger partial charge in [-0.15, -0.1) is 0 Å². The summed E-state index contributed by atoms with van der Waals surface area (Å²) < 4.78 is 0. The molecule has 0 heterocycles. The van der Waals surface area contributed by atoms with Crippen LogP contribution < -0.4 is 0 Å². The summed E-state index contributed by atoms with van der Waals surface area (Å²) in [7, 11) is 0. The van der Waals surface area contributed by atoms with Crippen molar-refractivity contribution in [2.45, 2.75) is 52.4 Å². The molecule has 0 fully saturated rings. The second-order valence-corrected chi connectivity index (χ2v) is 4.00. The van der Waals surface area contributed by atoms with Gasteiger partial charge in [-0.05, 0) is 25.3 Å². The number of unbranched alkanes of at least 4 members (excludes halogenated alkanes) is 1. The molecule has 0 saturated heterocycles. The van der Waals surface area contributed by atoms with Crippen molar-refractivity contribution in [1.29, 1.82) is 0 Å². The van der Waals surface area contributed by atoms with Gasteiger partial charge in [-0.1, -0.05) is 38.7 Å². The van der Waals surface area contributed by atoms with Crippen LogP contribution in [-0.4, -0.2) is 5.78 Å². The summed E-state index contributed by atoms with van der Waals surface area (Å²) in [6, 6.07) is 0. The third kappa shape index (κ3) is 2.98. The fourth-order valence-electron chi connectivity index (χ4n) is 1.99. The largest absolute Gasteiger partial charge is 0.295 e. The van der Waals surface area contributed by atoms with E-state index in [0.29, 0.717) is 11.7 Å². The van der Waals surface area contributed by atoms with Crippen LogP contribution in [0.4, 0.5) is 0 Å². The summed E-state index contributed by atoms with van der Waals surface area (Å²) in [6.07, 6.45) is 8.72. The van der Waals surface area contributed by atoms with Crippen molar-refractivity contribution in [3.05, 3.63) is 11.6 Å². The van der Waals surface area contributed by atoms with E-state index in [1.54, 1.807) is 0 Å². The van der Waals surface area contributed by atoms with E-state index in [1.165, 1.54) is 24.8 Å². The summed E-state index contributed by atoms with van der Waals surface area (Å²) >= 11 is 0. The highest BCUT2D eigenvalue weighted by Gasteiger charge is 2.23. The van der Waals surface area contributed by atoms with E-state index in [9.17, 15) is 4.79 Å². The number of rotatable bonds is 5. The lowest BCUT2D eigenvalue weighted by Gasteiger charge is -2.07. The molecule has 13 heavy (non-hydrogen) atoms. The number of carbonyl (C=O) groups is 1. The monoisotopic (exact) mass is 180 g/mol. The molecule has 0 amide bonds. The van der Waals surface area contributed by atoms with Crippen LogP contribution >= 0.6 is 0 Å². The molecule has 0 saturated carbocycles. The highest BCUT2D eigenvalue weighted by molar-refractivity contribution is 5.95. The summed E-state index contributed by atoms with van der Waals surface area (Å²) in [5.41, 5.74) is 1.38. The molecule has 1 atom stereocenters. The Morgan fingerprint density at radius 3 is 2.77 bits per heavy atom. The van der Waals surface area contributed by atoms with Crippen molar-refractivity contribution in [1.82, 2.24) is 0 Å². The molecule has 0 aromatic heterocycles. The zero-order valence-electron chi connectivity index (χ0n) is 8.81. The van der Waals surface area contributed by atoms with Gasteiger partial charge >= 0.3 is 0 Å². The first kappa shape index (κ1) is 10.5. The first-order valence-electron chi connectivity index (χ1n) is 5.51. The zero-order chi connectivity index (χ0) is 9.68. The van der Waals surface area contributed by atoms with Crippen LogP contribution in [0.15, 0.2) is 11.6 Å². The van der Waals surface area contributed by atoms with Gasteiger partial charge in [-0.25, -0.2) is 0 Å². The average molecular weight is 180 g/mol. The summed E-state index contributed by atoms with van der Waals surface area (Å²) in [4.78, 5) is 11.5. The van der Waals surface area contributed by atoms with E-state index in [0.717, 1.165) is 19.3 Å². The molecule has 0 aliphatic heterocycles. The quantitative estimate of drug-likeness (QED) is 0.633. The molecule has 0 spiro atoms. The van der Waals surface area contributed by atoms with E-state index in [1.807, 2.05) is 6.08 Å². The molecule has 1 unspecified atom stereocenters. The number of hydrogen-bond acceptors (Lipinski definition) is 1. The topological polar surface area (TPSA) is 17.1 Å². The van der Waals surface area contributed by atoms with Crippen molar-refractivity contribution in [2.24, 2.45) is 5.92 Å². The van der Waals surface area contributed by atoms with Gasteiger partial charge in [-0.3, -0.25) is 4.79 Å². The van der Waals surface area contributed by atoms with Crippen molar-refractivity contribution in [3.8, 4) is 0 Å². The fraction of sp³-hybridized carbons (Fsp3) is 0.750. The van der Waals surface area contributed by atoms with Crippen molar-refractivity contribution >= 4 is 5.78 Å². The maximum absolute atomic E-state index is 11.5. The first-order valence-corrected chi connectivity index (χ1v) is 5.51. The number of allylic oxidation sites excluding steroid dienone is 2. The van der Waals surface area contributed by atoms with Gasteiger partial charge in [0.15, 0.2) is 5.78 Å². The first-order chi connectivity index (χ1) is 6.27. The van der Waals surface area contributed by atoms with Crippen LogP contribution in [0.5, 0.6) is 0 Å². The lowest BCUT2D eigenvalue weighted by atomic mass is 9.97. The molecule has 0 aromatic rings. The number of hydrogen-bond donors (Lipinski definition) is 0. The molecular formula is C12H20O. The molecule has 1 heteroatoms. The average Bonchev–Trinajstić information content (AvgIpc) is 2.44. The predicted molar refractivity (Wildman–Crippen MR) is 55.6 cm³/mol. The van der Waals surface area contributed by atoms with Gasteiger partial charge in [0, 0.05) is 5.92 Å². The smallest absolute Gasteiger partial charge is 0.159 e. The second kappa shape index (κ2) is 5.21. The minimum atomic E-state index is 0.335.